The molecule has 0 bridgehead atoms. The molecule has 0 spiro atoms. The number of thioether (sulfide) groups is 1. The maximum absolute atomic E-state index is 12.6. The summed E-state index contributed by atoms with van der Waals surface area (Å²) in [6.45, 7) is 0.323. The summed E-state index contributed by atoms with van der Waals surface area (Å²) >= 11 is 7.48. The fraction of sp³-hybridized carbons (Fsp3) is 0.120. The zero-order chi connectivity index (χ0) is 23.2. The number of ether oxygens (including phenoxy) is 3. The fourth-order valence-electron chi connectivity index (χ4n) is 3.11. The summed E-state index contributed by atoms with van der Waals surface area (Å²) in [5, 5.41) is 3.91. The summed E-state index contributed by atoms with van der Waals surface area (Å²) in [7, 11) is 3.14. The van der Waals surface area contributed by atoms with E-state index in [1.807, 2.05) is 48.5 Å². The van der Waals surface area contributed by atoms with Gasteiger partial charge in [0.2, 0.25) is 0 Å². The lowest BCUT2D eigenvalue weighted by Crippen LogP contribution is -2.19. The maximum atomic E-state index is 12.6. The molecular weight excluding hydrogens is 460 g/mol. The van der Waals surface area contributed by atoms with E-state index >= 15 is 0 Å². The Morgan fingerprint density at radius 3 is 2.58 bits per heavy atom. The predicted octanol–water partition coefficient (Wildman–Crippen LogP) is 5.83. The zero-order valence-corrected chi connectivity index (χ0v) is 19.6. The second-order valence-corrected chi connectivity index (χ2v) is 8.38. The second kappa shape index (κ2) is 10.5. The molecule has 1 aliphatic heterocycles. The van der Waals surface area contributed by atoms with Gasteiger partial charge in [-0.1, -0.05) is 48.0 Å². The molecule has 33 heavy (non-hydrogen) atoms. The Labute approximate surface area is 201 Å². The third kappa shape index (κ3) is 5.50. The molecule has 8 heteroatoms. The fourth-order valence-corrected chi connectivity index (χ4v) is 4.13. The third-order valence-corrected chi connectivity index (χ3v) is 6.08. The van der Waals surface area contributed by atoms with Crippen LogP contribution in [0, 0.1) is 0 Å². The topological polar surface area (TPSA) is 69.2 Å². The lowest BCUT2D eigenvalue weighted by atomic mass is 10.2. The lowest BCUT2D eigenvalue weighted by molar-refractivity contribution is -0.115. The van der Waals surface area contributed by atoms with Gasteiger partial charge in [-0.05, 0) is 42.1 Å². The van der Waals surface area contributed by atoms with Gasteiger partial charge in [0, 0.05) is 22.2 Å². The first-order valence-corrected chi connectivity index (χ1v) is 11.2. The van der Waals surface area contributed by atoms with Crippen molar-refractivity contribution in [3.05, 3.63) is 87.8 Å². The first kappa shape index (κ1) is 22.8. The van der Waals surface area contributed by atoms with E-state index in [0.29, 0.717) is 44.6 Å². The van der Waals surface area contributed by atoms with Crippen LogP contribution in [0.4, 0.5) is 5.69 Å². The molecule has 0 unspecified atom stereocenters. The number of carbonyl (C=O) groups is 1. The number of halogens is 1. The van der Waals surface area contributed by atoms with Crippen LogP contribution in [0.15, 0.2) is 76.6 Å². The predicted molar refractivity (Wildman–Crippen MR) is 133 cm³/mol. The maximum Gasteiger partial charge on any atom is 0.264 e. The van der Waals surface area contributed by atoms with Gasteiger partial charge in [-0.25, -0.2) is 4.99 Å². The number of aliphatic imine (C=N–C) groups is 1. The molecule has 1 amide bonds. The van der Waals surface area contributed by atoms with Crippen molar-refractivity contribution < 1.29 is 19.0 Å². The van der Waals surface area contributed by atoms with Crippen LogP contribution >= 0.6 is 23.4 Å². The summed E-state index contributed by atoms with van der Waals surface area (Å²) in [6, 6.07) is 20.4. The summed E-state index contributed by atoms with van der Waals surface area (Å²) in [5.74, 6) is 1.63. The number of amidine groups is 1. The molecule has 168 valence electrons. The van der Waals surface area contributed by atoms with E-state index in [4.69, 9.17) is 25.8 Å². The van der Waals surface area contributed by atoms with Gasteiger partial charge in [0.25, 0.3) is 5.91 Å². The Bertz CT molecular complexity index is 1240. The molecule has 1 fully saturated rings. The van der Waals surface area contributed by atoms with E-state index in [1.54, 1.807) is 38.5 Å². The number of nitrogens with zero attached hydrogens (tertiary/aromatic N) is 1. The SMILES string of the molecule is COc1ccc(N=C2NC(=O)/C(=C/c3ccccc3OCc3ccccc3Cl)S2)c(OC)c1. The summed E-state index contributed by atoms with van der Waals surface area (Å²) < 4.78 is 16.6. The molecule has 0 atom stereocenters. The minimum atomic E-state index is -0.230. The molecule has 1 N–H and O–H groups in total. The van der Waals surface area contributed by atoms with Gasteiger partial charge in [-0.2, -0.15) is 0 Å². The average Bonchev–Trinajstić information content (AvgIpc) is 3.18. The van der Waals surface area contributed by atoms with E-state index in [0.717, 1.165) is 11.1 Å². The highest BCUT2D eigenvalue weighted by Gasteiger charge is 2.24. The van der Waals surface area contributed by atoms with Crippen LogP contribution in [0.25, 0.3) is 6.08 Å². The molecule has 6 nitrogen and oxygen atoms in total. The van der Waals surface area contributed by atoms with E-state index in [1.165, 1.54) is 11.8 Å². The van der Waals surface area contributed by atoms with Gasteiger partial charge in [-0.15, -0.1) is 0 Å². The largest absolute Gasteiger partial charge is 0.497 e. The minimum absolute atomic E-state index is 0.230. The molecule has 3 aromatic rings. The van der Waals surface area contributed by atoms with Gasteiger partial charge >= 0.3 is 0 Å². The van der Waals surface area contributed by atoms with Crippen molar-refractivity contribution in [3.63, 3.8) is 0 Å². The van der Waals surface area contributed by atoms with Gasteiger partial charge in [0.1, 0.15) is 29.5 Å². The van der Waals surface area contributed by atoms with Crippen molar-refractivity contribution in [2.75, 3.05) is 14.2 Å². The number of carbonyl (C=O) groups excluding carboxylic acids is 1. The quantitative estimate of drug-likeness (QED) is 0.431. The second-order valence-electron chi connectivity index (χ2n) is 6.94. The number of nitrogens with one attached hydrogen (secondary N) is 1. The third-order valence-electron chi connectivity index (χ3n) is 4.81. The van der Waals surface area contributed by atoms with Crippen LogP contribution in [0.5, 0.6) is 17.2 Å². The van der Waals surface area contributed by atoms with Crippen molar-refractivity contribution >= 4 is 46.2 Å². The number of hydrogen-bond donors (Lipinski definition) is 1. The van der Waals surface area contributed by atoms with E-state index in [-0.39, 0.29) is 5.91 Å². The molecular formula is C25H21ClN2O4S. The molecule has 1 saturated heterocycles. The monoisotopic (exact) mass is 480 g/mol. The summed E-state index contributed by atoms with van der Waals surface area (Å²) in [6.07, 6.45) is 1.79. The van der Waals surface area contributed by atoms with E-state index in [9.17, 15) is 4.79 Å². The Hall–Kier alpha value is -3.42. The smallest absolute Gasteiger partial charge is 0.264 e. The molecule has 0 radical (unpaired) electrons. The van der Waals surface area contributed by atoms with Gasteiger partial charge in [-0.3, -0.25) is 4.79 Å². The lowest BCUT2D eigenvalue weighted by Gasteiger charge is -2.10. The zero-order valence-electron chi connectivity index (χ0n) is 18.0. The standard InChI is InChI=1S/C25H21ClN2O4S/c1-30-18-11-12-20(22(14-18)31-2)27-25-28-24(29)23(33-25)13-16-7-4-6-10-21(16)32-15-17-8-3-5-9-19(17)26/h3-14H,15H2,1-2H3,(H,27,28,29)/b23-13-. The van der Waals surface area contributed by atoms with Crippen LogP contribution in [-0.4, -0.2) is 25.3 Å². The van der Waals surface area contributed by atoms with E-state index < -0.39 is 0 Å². The first-order valence-electron chi connectivity index (χ1n) is 10.0. The number of amides is 1. The Kier molecular flexibility index (Phi) is 7.22. The van der Waals surface area contributed by atoms with Crippen molar-refractivity contribution in [2.45, 2.75) is 6.61 Å². The van der Waals surface area contributed by atoms with Gasteiger partial charge in [0.15, 0.2) is 5.17 Å². The Morgan fingerprint density at radius 2 is 1.79 bits per heavy atom. The van der Waals surface area contributed by atoms with Crippen molar-refractivity contribution in [3.8, 4) is 17.2 Å². The van der Waals surface area contributed by atoms with Crippen LogP contribution in [-0.2, 0) is 11.4 Å². The number of methoxy groups -OCH3 is 2. The number of hydrogen-bond acceptors (Lipinski definition) is 6. The molecule has 3 aromatic carbocycles. The molecule has 0 aromatic heterocycles. The summed E-state index contributed by atoms with van der Waals surface area (Å²) in [5.41, 5.74) is 2.26. The van der Waals surface area contributed by atoms with Gasteiger partial charge < -0.3 is 19.5 Å². The van der Waals surface area contributed by atoms with Crippen molar-refractivity contribution in [1.82, 2.24) is 5.32 Å². The molecule has 4 rings (SSSR count). The molecule has 0 saturated carbocycles. The highest BCUT2D eigenvalue weighted by Crippen LogP contribution is 2.35. The highest BCUT2D eigenvalue weighted by molar-refractivity contribution is 8.18. The van der Waals surface area contributed by atoms with Crippen LogP contribution in [0.2, 0.25) is 5.02 Å². The number of benzene rings is 3. The van der Waals surface area contributed by atoms with Crippen molar-refractivity contribution in [2.24, 2.45) is 4.99 Å². The van der Waals surface area contributed by atoms with Gasteiger partial charge in [0.05, 0.1) is 19.1 Å². The van der Waals surface area contributed by atoms with Crippen molar-refractivity contribution in [1.29, 1.82) is 0 Å². The van der Waals surface area contributed by atoms with Crippen LogP contribution in [0.3, 0.4) is 0 Å². The minimum Gasteiger partial charge on any atom is -0.497 e. The number of para-hydroxylation sites is 1. The molecule has 1 aliphatic rings. The average molecular weight is 481 g/mol. The molecule has 1 heterocycles. The summed E-state index contributed by atoms with van der Waals surface area (Å²) in [4.78, 5) is 17.6. The Balaban J connectivity index is 1.54. The van der Waals surface area contributed by atoms with E-state index in [2.05, 4.69) is 10.3 Å². The molecule has 0 aliphatic carbocycles. The number of rotatable bonds is 7. The van der Waals surface area contributed by atoms with Crippen LogP contribution < -0.4 is 19.5 Å². The normalized spacial score (nSPS) is 15.5. The highest BCUT2D eigenvalue weighted by atomic mass is 35.5. The Morgan fingerprint density at radius 1 is 1.00 bits per heavy atom. The first-order chi connectivity index (χ1) is 16.1. The van der Waals surface area contributed by atoms with Crippen LogP contribution in [0.1, 0.15) is 11.1 Å².